The highest BCUT2D eigenvalue weighted by Gasteiger charge is 2.28. The molecular formula is C15H18FN3O2. The first-order valence-corrected chi connectivity index (χ1v) is 7.10. The van der Waals surface area contributed by atoms with Gasteiger partial charge in [0.15, 0.2) is 5.82 Å². The fourth-order valence-corrected chi connectivity index (χ4v) is 2.00. The van der Waals surface area contributed by atoms with Gasteiger partial charge < -0.3 is 9.26 Å². The first kappa shape index (κ1) is 14.0. The highest BCUT2D eigenvalue weighted by molar-refractivity contribution is 5.21. The van der Waals surface area contributed by atoms with Crippen molar-refractivity contribution in [3.63, 3.8) is 0 Å². The lowest BCUT2D eigenvalue weighted by molar-refractivity contribution is 0.212. The topological polar surface area (TPSA) is 51.4 Å². The average molecular weight is 291 g/mol. The maximum absolute atomic E-state index is 12.8. The smallest absolute Gasteiger partial charge is 0.240 e. The van der Waals surface area contributed by atoms with E-state index in [2.05, 4.69) is 10.1 Å². The lowest BCUT2D eigenvalue weighted by Crippen LogP contribution is -2.24. The first-order valence-electron chi connectivity index (χ1n) is 7.10. The van der Waals surface area contributed by atoms with Gasteiger partial charge in [0.05, 0.1) is 6.54 Å². The summed E-state index contributed by atoms with van der Waals surface area (Å²) in [4.78, 5) is 6.44. The molecule has 1 fully saturated rings. The van der Waals surface area contributed by atoms with Gasteiger partial charge in [-0.05, 0) is 44.2 Å². The van der Waals surface area contributed by atoms with Gasteiger partial charge >= 0.3 is 0 Å². The number of hydrogen-bond acceptors (Lipinski definition) is 5. The maximum Gasteiger partial charge on any atom is 0.240 e. The molecule has 0 amide bonds. The van der Waals surface area contributed by atoms with Crippen LogP contribution in [0.3, 0.4) is 0 Å². The lowest BCUT2D eigenvalue weighted by atomic mass is 10.3. The quantitative estimate of drug-likeness (QED) is 0.785. The van der Waals surface area contributed by atoms with Crippen molar-refractivity contribution in [3.05, 3.63) is 41.8 Å². The summed E-state index contributed by atoms with van der Waals surface area (Å²) in [7, 11) is 1.97. The predicted molar refractivity (Wildman–Crippen MR) is 74.5 cm³/mol. The predicted octanol–water partition coefficient (Wildman–Crippen LogP) is 2.60. The van der Waals surface area contributed by atoms with Gasteiger partial charge in [-0.25, -0.2) is 4.39 Å². The maximum atomic E-state index is 12.8. The van der Waals surface area contributed by atoms with Crippen LogP contribution in [-0.2, 0) is 6.54 Å². The van der Waals surface area contributed by atoms with Crippen molar-refractivity contribution in [2.24, 2.45) is 0 Å². The molecule has 0 aliphatic heterocycles. The number of benzene rings is 1. The van der Waals surface area contributed by atoms with E-state index in [0.29, 0.717) is 30.7 Å². The zero-order valence-corrected chi connectivity index (χ0v) is 12.0. The van der Waals surface area contributed by atoms with Gasteiger partial charge in [-0.15, -0.1) is 0 Å². The second kappa shape index (κ2) is 6.22. The molecule has 5 nitrogen and oxygen atoms in total. The Morgan fingerprint density at radius 1 is 1.33 bits per heavy atom. The Hall–Kier alpha value is -1.95. The Bertz CT molecular complexity index is 581. The van der Waals surface area contributed by atoms with Crippen LogP contribution in [0.1, 0.15) is 30.5 Å². The van der Waals surface area contributed by atoms with Crippen molar-refractivity contribution in [2.45, 2.75) is 25.3 Å². The molecular weight excluding hydrogens is 273 g/mol. The van der Waals surface area contributed by atoms with Gasteiger partial charge in [0.2, 0.25) is 5.89 Å². The molecule has 6 heteroatoms. The summed E-state index contributed by atoms with van der Waals surface area (Å²) in [6, 6.07) is 6.01. The fourth-order valence-electron chi connectivity index (χ4n) is 2.00. The summed E-state index contributed by atoms with van der Waals surface area (Å²) in [6.45, 7) is 1.84. The minimum atomic E-state index is -0.262. The van der Waals surface area contributed by atoms with Crippen LogP contribution in [-0.4, -0.2) is 35.2 Å². The second-order valence-corrected chi connectivity index (χ2v) is 5.36. The van der Waals surface area contributed by atoms with E-state index in [1.807, 2.05) is 11.9 Å². The molecule has 1 saturated carbocycles. The van der Waals surface area contributed by atoms with Crippen LogP contribution in [0, 0.1) is 5.82 Å². The van der Waals surface area contributed by atoms with E-state index in [1.54, 1.807) is 12.1 Å². The van der Waals surface area contributed by atoms with Gasteiger partial charge in [0.1, 0.15) is 18.2 Å². The molecule has 112 valence electrons. The average Bonchev–Trinajstić information content (AvgIpc) is 3.22. The standard InChI is InChI=1S/C15H18FN3O2/c1-19(8-9-20-13-6-4-12(16)5-7-13)10-14-17-15(18-21-14)11-2-3-11/h4-7,11H,2-3,8-10H2,1H3. The molecule has 1 aromatic heterocycles. The molecule has 0 bridgehead atoms. The van der Waals surface area contributed by atoms with Gasteiger partial charge in [-0.1, -0.05) is 5.16 Å². The van der Waals surface area contributed by atoms with E-state index >= 15 is 0 Å². The molecule has 0 atom stereocenters. The Kier molecular flexibility index (Phi) is 4.15. The fraction of sp³-hybridized carbons (Fsp3) is 0.467. The molecule has 1 heterocycles. The number of halogens is 1. The summed E-state index contributed by atoms with van der Waals surface area (Å²) < 4.78 is 23.5. The van der Waals surface area contributed by atoms with Gasteiger partial charge in [-0.3, -0.25) is 4.90 Å². The zero-order valence-electron chi connectivity index (χ0n) is 12.0. The third-order valence-electron chi connectivity index (χ3n) is 3.39. The third-order valence-corrected chi connectivity index (χ3v) is 3.39. The van der Waals surface area contributed by atoms with Crippen molar-refractivity contribution in [3.8, 4) is 5.75 Å². The van der Waals surface area contributed by atoms with Crippen LogP contribution in [0.4, 0.5) is 4.39 Å². The van der Waals surface area contributed by atoms with E-state index in [9.17, 15) is 4.39 Å². The van der Waals surface area contributed by atoms with Crippen LogP contribution in [0.25, 0.3) is 0 Å². The minimum Gasteiger partial charge on any atom is -0.492 e. The van der Waals surface area contributed by atoms with E-state index < -0.39 is 0 Å². The summed E-state index contributed by atoms with van der Waals surface area (Å²) >= 11 is 0. The summed E-state index contributed by atoms with van der Waals surface area (Å²) in [6.07, 6.45) is 2.33. The Morgan fingerprint density at radius 3 is 2.81 bits per heavy atom. The monoisotopic (exact) mass is 291 g/mol. The van der Waals surface area contributed by atoms with Crippen LogP contribution < -0.4 is 4.74 Å². The van der Waals surface area contributed by atoms with E-state index in [1.165, 1.54) is 25.0 Å². The molecule has 21 heavy (non-hydrogen) atoms. The number of nitrogens with zero attached hydrogens (tertiary/aromatic N) is 3. The largest absolute Gasteiger partial charge is 0.492 e. The molecule has 0 spiro atoms. The summed E-state index contributed by atoms with van der Waals surface area (Å²) in [5.74, 6) is 2.39. The Labute approximate surface area is 122 Å². The van der Waals surface area contributed by atoms with Crippen molar-refractivity contribution in [2.75, 3.05) is 20.2 Å². The molecule has 1 aliphatic rings. The molecule has 0 saturated heterocycles. The number of aromatic nitrogens is 2. The summed E-state index contributed by atoms with van der Waals surface area (Å²) in [5.41, 5.74) is 0. The summed E-state index contributed by atoms with van der Waals surface area (Å²) in [5, 5.41) is 3.99. The molecule has 1 aromatic carbocycles. The van der Waals surface area contributed by atoms with Gasteiger partial charge in [0.25, 0.3) is 0 Å². The highest BCUT2D eigenvalue weighted by Crippen LogP contribution is 2.38. The van der Waals surface area contributed by atoms with Crippen LogP contribution in [0.2, 0.25) is 0 Å². The van der Waals surface area contributed by atoms with Gasteiger partial charge in [0, 0.05) is 12.5 Å². The molecule has 0 unspecified atom stereocenters. The highest BCUT2D eigenvalue weighted by atomic mass is 19.1. The van der Waals surface area contributed by atoms with Crippen molar-refractivity contribution < 1.29 is 13.7 Å². The van der Waals surface area contributed by atoms with E-state index in [4.69, 9.17) is 9.26 Å². The zero-order chi connectivity index (χ0) is 14.7. The second-order valence-electron chi connectivity index (χ2n) is 5.36. The van der Waals surface area contributed by atoms with Crippen LogP contribution >= 0.6 is 0 Å². The van der Waals surface area contributed by atoms with E-state index in [-0.39, 0.29) is 5.82 Å². The van der Waals surface area contributed by atoms with E-state index in [0.717, 1.165) is 12.4 Å². The van der Waals surface area contributed by atoms with Gasteiger partial charge in [-0.2, -0.15) is 4.98 Å². The van der Waals surface area contributed by atoms with Crippen LogP contribution in [0.15, 0.2) is 28.8 Å². The van der Waals surface area contributed by atoms with Crippen molar-refractivity contribution in [1.82, 2.24) is 15.0 Å². The molecule has 0 radical (unpaired) electrons. The number of ether oxygens (including phenoxy) is 1. The third kappa shape index (κ3) is 4.01. The number of likely N-dealkylation sites (N-methyl/N-ethyl adjacent to an activating group) is 1. The molecule has 3 rings (SSSR count). The lowest BCUT2D eigenvalue weighted by Gasteiger charge is -2.14. The molecule has 2 aromatic rings. The molecule has 1 aliphatic carbocycles. The Balaban J connectivity index is 1.41. The normalized spacial score (nSPS) is 14.6. The Morgan fingerprint density at radius 2 is 2.10 bits per heavy atom. The van der Waals surface area contributed by atoms with Crippen molar-refractivity contribution in [1.29, 1.82) is 0 Å². The van der Waals surface area contributed by atoms with Crippen molar-refractivity contribution >= 4 is 0 Å². The first-order chi connectivity index (χ1) is 10.2. The minimum absolute atomic E-state index is 0.262. The number of rotatable bonds is 7. The number of hydrogen-bond donors (Lipinski definition) is 0. The molecule has 0 N–H and O–H groups in total. The SMILES string of the molecule is CN(CCOc1ccc(F)cc1)Cc1nc(C2CC2)no1. The van der Waals surface area contributed by atoms with Crippen LogP contribution in [0.5, 0.6) is 5.75 Å².